The molecule has 0 aliphatic heterocycles. The Balaban J connectivity index is 2.19. The maximum Gasteiger partial charge on any atom is 0.226 e. The fraction of sp³-hybridized carbons (Fsp3) is 0.667. The Morgan fingerprint density at radius 1 is 1.41 bits per heavy atom. The second kappa shape index (κ2) is 5.31. The lowest BCUT2D eigenvalue weighted by Gasteiger charge is -2.38. The molecule has 1 aliphatic carbocycles. The van der Waals surface area contributed by atoms with Crippen LogP contribution < -0.4 is 9.80 Å². The first-order valence-electron chi connectivity index (χ1n) is 6.10. The van der Waals surface area contributed by atoms with Crippen molar-refractivity contribution < 1.29 is 5.11 Å². The summed E-state index contributed by atoms with van der Waals surface area (Å²) in [6.07, 6.45) is 5.45. The van der Waals surface area contributed by atoms with Crippen molar-refractivity contribution in [2.45, 2.75) is 25.3 Å². The first-order valence-corrected chi connectivity index (χ1v) is 6.10. The van der Waals surface area contributed by atoms with E-state index in [4.69, 9.17) is 5.11 Å². The average molecular weight is 236 g/mol. The van der Waals surface area contributed by atoms with Crippen LogP contribution in [0.3, 0.4) is 0 Å². The van der Waals surface area contributed by atoms with Gasteiger partial charge in [-0.1, -0.05) is 0 Å². The maximum absolute atomic E-state index is 9.15. The topological polar surface area (TPSA) is 52.5 Å². The minimum Gasteiger partial charge on any atom is -0.395 e. The summed E-state index contributed by atoms with van der Waals surface area (Å²) in [7, 11) is 3.86. The minimum absolute atomic E-state index is 0.164. The van der Waals surface area contributed by atoms with Crippen LogP contribution in [-0.2, 0) is 0 Å². The quantitative estimate of drug-likeness (QED) is 0.823. The third-order valence-electron chi connectivity index (χ3n) is 3.18. The molecule has 0 atom stereocenters. The average Bonchev–Trinajstić information content (AvgIpc) is 2.26. The van der Waals surface area contributed by atoms with Gasteiger partial charge in [-0.05, 0) is 25.3 Å². The zero-order valence-corrected chi connectivity index (χ0v) is 10.5. The van der Waals surface area contributed by atoms with Gasteiger partial charge in [-0.3, -0.25) is 0 Å². The van der Waals surface area contributed by atoms with Crippen molar-refractivity contribution in [3.8, 4) is 0 Å². The van der Waals surface area contributed by atoms with Gasteiger partial charge in [0, 0.05) is 32.9 Å². The van der Waals surface area contributed by atoms with Crippen LogP contribution in [-0.4, -0.2) is 48.4 Å². The van der Waals surface area contributed by atoms with Gasteiger partial charge in [-0.2, -0.15) is 4.98 Å². The molecule has 0 amide bonds. The summed E-state index contributed by atoms with van der Waals surface area (Å²) < 4.78 is 0. The normalized spacial score (nSPS) is 15.5. The summed E-state index contributed by atoms with van der Waals surface area (Å²) >= 11 is 0. The number of rotatable bonds is 5. The molecule has 2 rings (SSSR count). The van der Waals surface area contributed by atoms with Crippen molar-refractivity contribution >= 4 is 11.8 Å². The summed E-state index contributed by atoms with van der Waals surface area (Å²) in [6.45, 7) is 0.812. The molecule has 0 spiro atoms. The van der Waals surface area contributed by atoms with Crippen LogP contribution in [0, 0.1) is 0 Å². The van der Waals surface area contributed by atoms with E-state index in [2.05, 4.69) is 14.9 Å². The lowest BCUT2D eigenvalue weighted by Crippen LogP contribution is -2.42. The molecule has 94 valence electrons. The van der Waals surface area contributed by atoms with Gasteiger partial charge in [0.25, 0.3) is 0 Å². The largest absolute Gasteiger partial charge is 0.395 e. The fourth-order valence-corrected chi connectivity index (χ4v) is 2.00. The minimum atomic E-state index is 0.164. The summed E-state index contributed by atoms with van der Waals surface area (Å²) in [4.78, 5) is 12.8. The zero-order chi connectivity index (χ0) is 12.3. The third kappa shape index (κ3) is 2.66. The van der Waals surface area contributed by atoms with Crippen molar-refractivity contribution in [2.24, 2.45) is 0 Å². The molecular formula is C12H20N4O. The Morgan fingerprint density at radius 2 is 2.18 bits per heavy atom. The van der Waals surface area contributed by atoms with E-state index >= 15 is 0 Å². The van der Waals surface area contributed by atoms with E-state index in [-0.39, 0.29) is 6.61 Å². The maximum atomic E-state index is 9.15. The predicted molar refractivity (Wildman–Crippen MR) is 68.4 cm³/mol. The Bertz CT molecular complexity index is 365. The smallest absolute Gasteiger partial charge is 0.226 e. The molecule has 0 saturated heterocycles. The molecule has 1 aromatic rings. The van der Waals surface area contributed by atoms with E-state index in [1.165, 1.54) is 19.3 Å². The standard InChI is InChI=1S/C12H20N4O/c1-15(2)12-13-7-6-11(14-12)16(8-9-17)10-4-3-5-10/h6-7,10,17H,3-5,8-9H2,1-2H3. The fourth-order valence-electron chi connectivity index (χ4n) is 2.00. The van der Waals surface area contributed by atoms with Crippen molar-refractivity contribution in [1.29, 1.82) is 0 Å². The highest BCUT2D eigenvalue weighted by Crippen LogP contribution is 2.28. The predicted octanol–water partition coefficient (Wildman–Crippen LogP) is 0.894. The number of aromatic nitrogens is 2. The lowest BCUT2D eigenvalue weighted by molar-refractivity contribution is 0.283. The van der Waals surface area contributed by atoms with E-state index in [9.17, 15) is 0 Å². The van der Waals surface area contributed by atoms with E-state index in [0.717, 1.165) is 5.82 Å². The number of aliphatic hydroxyl groups is 1. The first-order chi connectivity index (χ1) is 8.22. The molecule has 0 aromatic carbocycles. The van der Waals surface area contributed by atoms with Crippen LogP contribution in [0.15, 0.2) is 12.3 Å². The summed E-state index contributed by atoms with van der Waals surface area (Å²) in [5, 5.41) is 9.15. The second-order valence-electron chi connectivity index (χ2n) is 4.61. The van der Waals surface area contributed by atoms with Crippen molar-refractivity contribution in [3.63, 3.8) is 0 Å². The summed E-state index contributed by atoms with van der Waals surface area (Å²) in [5.74, 6) is 1.63. The van der Waals surface area contributed by atoms with E-state index < -0.39 is 0 Å². The van der Waals surface area contributed by atoms with Crippen molar-refractivity contribution in [1.82, 2.24) is 9.97 Å². The molecule has 0 unspecified atom stereocenters. The molecule has 17 heavy (non-hydrogen) atoms. The van der Waals surface area contributed by atoms with Crippen LogP contribution in [0.2, 0.25) is 0 Å². The van der Waals surface area contributed by atoms with Gasteiger partial charge in [-0.15, -0.1) is 0 Å². The molecule has 0 bridgehead atoms. The van der Waals surface area contributed by atoms with Gasteiger partial charge in [0.2, 0.25) is 5.95 Å². The molecule has 1 saturated carbocycles. The van der Waals surface area contributed by atoms with E-state index in [1.54, 1.807) is 6.20 Å². The van der Waals surface area contributed by atoms with E-state index in [1.807, 2.05) is 25.1 Å². The van der Waals surface area contributed by atoms with Gasteiger partial charge in [0.05, 0.1) is 6.61 Å². The molecule has 5 nitrogen and oxygen atoms in total. The van der Waals surface area contributed by atoms with Crippen LogP contribution in [0.25, 0.3) is 0 Å². The molecule has 1 aromatic heterocycles. The van der Waals surface area contributed by atoms with Gasteiger partial charge in [-0.25, -0.2) is 4.98 Å². The SMILES string of the molecule is CN(C)c1nccc(N(CCO)C2CCC2)n1. The third-order valence-corrected chi connectivity index (χ3v) is 3.18. The highest BCUT2D eigenvalue weighted by molar-refractivity contribution is 5.44. The molecule has 5 heteroatoms. The first kappa shape index (κ1) is 12.1. The zero-order valence-electron chi connectivity index (χ0n) is 10.5. The molecule has 1 aliphatic rings. The van der Waals surface area contributed by atoms with Crippen LogP contribution in [0.1, 0.15) is 19.3 Å². The second-order valence-corrected chi connectivity index (χ2v) is 4.61. The molecule has 1 fully saturated rings. The molecule has 1 N–H and O–H groups in total. The molecule has 1 heterocycles. The Labute approximate surface area is 102 Å². The molecule has 0 radical (unpaired) electrons. The van der Waals surface area contributed by atoms with Crippen molar-refractivity contribution in [3.05, 3.63) is 12.3 Å². The highest BCUT2D eigenvalue weighted by atomic mass is 16.3. The Morgan fingerprint density at radius 3 is 2.71 bits per heavy atom. The van der Waals surface area contributed by atoms with Gasteiger partial charge >= 0.3 is 0 Å². The van der Waals surface area contributed by atoms with Crippen LogP contribution in [0.5, 0.6) is 0 Å². The van der Waals surface area contributed by atoms with Crippen LogP contribution in [0.4, 0.5) is 11.8 Å². The Kier molecular flexibility index (Phi) is 3.78. The Hall–Kier alpha value is -1.36. The van der Waals surface area contributed by atoms with E-state index in [0.29, 0.717) is 18.5 Å². The summed E-state index contributed by atoms with van der Waals surface area (Å²) in [5.41, 5.74) is 0. The number of hydrogen-bond acceptors (Lipinski definition) is 5. The monoisotopic (exact) mass is 236 g/mol. The number of hydrogen-bond donors (Lipinski definition) is 1. The van der Waals surface area contributed by atoms with Crippen LogP contribution >= 0.6 is 0 Å². The summed E-state index contributed by atoms with van der Waals surface area (Å²) in [6, 6.07) is 2.45. The molecular weight excluding hydrogens is 216 g/mol. The number of nitrogens with zero attached hydrogens (tertiary/aromatic N) is 4. The van der Waals surface area contributed by atoms with Crippen molar-refractivity contribution in [2.75, 3.05) is 37.0 Å². The van der Waals surface area contributed by atoms with Gasteiger partial charge < -0.3 is 14.9 Å². The number of aliphatic hydroxyl groups excluding tert-OH is 1. The highest BCUT2D eigenvalue weighted by Gasteiger charge is 2.25. The van der Waals surface area contributed by atoms with Gasteiger partial charge in [0.1, 0.15) is 5.82 Å². The number of anilines is 2. The lowest BCUT2D eigenvalue weighted by atomic mass is 9.91. The van der Waals surface area contributed by atoms with Gasteiger partial charge in [0.15, 0.2) is 0 Å².